The molecule has 3 aromatic carbocycles. The van der Waals surface area contributed by atoms with Gasteiger partial charge in [0, 0.05) is 24.5 Å². The van der Waals surface area contributed by atoms with Gasteiger partial charge < -0.3 is 9.80 Å². The van der Waals surface area contributed by atoms with Crippen molar-refractivity contribution in [1.82, 2.24) is 0 Å². The number of rotatable bonds is 5. The van der Waals surface area contributed by atoms with Crippen LogP contribution >= 0.6 is 19.4 Å². The molecule has 0 radical (unpaired) electrons. The first kappa shape index (κ1) is 30.6. The molecule has 0 amide bonds. The third kappa shape index (κ3) is 8.04. The van der Waals surface area contributed by atoms with Crippen molar-refractivity contribution in [1.29, 1.82) is 0 Å². The molecule has 1 aliphatic heterocycles. The Morgan fingerprint density at radius 1 is 0.816 bits per heavy atom. The van der Waals surface area contributed by atoms with Crippen molar-refractivity contribution in [2.24, 2.45) is 0 Å². The quantitative estimate of drug-likeness (QED) is 0.204. The van der Waals surface area contributed by atoms with Gasteiger partial charge in [0.1, 0.15) is 0 Å². The molecule has 4 rings (SSSR count). The molecule has 208 valence electrons. The Morgan fingerprint density at radius 3 is 1.66 bits per heavy atom. The second-order valence-electron chi connectivity index (χ2n) is 10.2. The zero-order chi connectivity index (χ0) is 28.1. The first-order valence-electron chi connectivity index (χ1n) is 12.7. The Balaban J connectivity index is 0.000000232. The molecule has 38 heavy (non-hydrogen) atoms. The van der Waals surface area contributed by atoms with E-state index in [0.717, 1.165) is 13.1 Å². The van der Waals surface area contributed by atoms with E-state index in [2.05, 4.69) is 82.3 Å². The summed E-state index contributed by atoms with van der Waals surface area (Å²) in [6.07, 6.45) is 0.0360. The summed E-state index contributed by atoms with van der Waals surface area (Å²) in [5.41, 5.74) is 11.5. The molecular formula is C31H38Cl2FN2ORu-. The van der Waals surface area contributed by atoms with Gasteiger partial charge in [-0.1, -0.05) is 35.4 Å². The van der Waals surface area contributed by atoms with E-state index < -0.39 is 13.5 Å². The average Bonchev–Trinajstić information content (AvgIpc) is 3.23. The Labute approximate surface area is 241 Å². The Bertz CT molecular complexity index is 1210. The van der Waals surface area contributed by atoms with Crippen LogP contribution < -0.4 is 14.5 Å². The number of anilines is 2. The van der Waals surface area contributed by atoms with Crippen LogP contribution in [0, 0.1) is 54.0 Å². The summed E-state index contributed by atoms with van der Waals surface area (Å²) in [5.74, 6) is 0.299. The summed E-state index contributed by atoms with van der Waals surface area (Å²) in [5, 5.41) is 0. The van der Waals surface area contributed by atoms with Gasteiger partial charge in [-0.15, -0.1) is 0 Å². The SMILES string of the molecule is CC(C)Oc1ccc(F)cc1[CH]=[Ru]([Cl])[Cl].Cc1cc(C)c(N2[CH-]N(c3c(C)cc(C)cc3C)CC2)c(C)c1. The minimum Gasteiger partial charge on any atom is -0.502 e. The molecule has 0 unspecified atom stereocenters. The molecule has 0 aromatic heterocycles. The van der Waals surface area contributed by atoms with Crippen molar-refractivity contribution in [3.05, 3.63) is 93.9 Å². The second kappa shape index (κ2) is 13.4. The molecule has 0 spiro atoms. The van der Waals surface area contributed by atoms with Crippen molar-refractivity contribution < 1.29 is 22.6 Å². The van der Waals surface area contributed by atoms with Crippen molar-refractivity contribution >= 4 is 35.4 Å². The molecule has 1 saturated heterocycles. The van der Waals surface area contributed by atoms with Crippen molar-refractivity contribution in [3.8, 4) is 5.75 Å². The molecule has 1 fully saturated rings. The van der Waals surface area contributed by atoms with Crippen LogP contribution in [-0.2, 0) is 13.5 Å². The molecular weight excluding hydrogens is 607 g/mol. The van der Waals surface area contributed by atoms with E-state index in [4.69, 9.17) is 24.1 Å². The van der Waals surface area contributed by atoms with Gasteiger partial charge in [-0.2, -0.15) is 6.67 Å². The number of nitrogens with zero attached hydrogens (tertiary/aromatic N) is 2. The predicted molar refractivity (Wildman–Crippen MR) is 159 cm³/mol. The molecule has 3 aromatic rings. The van der Waals surface area contributed by atoms with Crippen LogP contribution in [0.3, 0.4) is 0 Å². The Kier molecular flexibility index (Phi) is 10.8. The number of benzene rings is 3. The Morgan fingerprint density at radius 2 is 1.26 bits per heavy atom. The van der Waals surface area contributed by atoms with Gasteiger partial charge in [0.05, 0.1) is 0 Å². The smallest absolute Gasteiger partial charge is 0.0146 e. The number of hydrogen-bond acceptors (Lipinski definition) is 3. The fraction of sp³-hybridized carbons (Fsp3) is 0.355. The van der Waals surface area contributed by atoms with Crippen LogP contribution in [0.15, 0.2) is 42.5 Å². The van der Waals surface area contributed by atoms with E-state index in [9.17, 15) is 4.39 Å². The van der Waals surface area contributed by atoms with Gasteiger partial charge in [0.25, 0.3) is 0 Å². The minimum atomic E-state index is -1.96. The average molecular weight is 646 g/mol. The summed E-state index contributed by atoms with van der Waals surface area (Å²) in [6, 6.07) is 13.4. The number of hydrogen-bond donors (Lipinski definition) is 0. The molecule has 0 bridgehead atoms. The molecule has 7 heteroatoms. The maximum absolute atomic E-state index is 13.0. The summed E-state index contributed by atoms with van der Waals surface area (Å²) in [6.45, 7) is 21.4. The molecule has 1 heterocycles. The fourth-order valence-electron chi connectivity index (χ4n) is 5.13. The van der Waals surface area contributed by atoms with Gasteiger partial charge in [-0.25, -0.2) is 0 Å². The molecule has 0 saturated carbocycles. The predicted octanol–water partition coefficient (Wildman–Crippen LogP) is 8.67. The summed E-state index contributed by atoms with van der Waals surface area (Å²) in [7, 11) is 11.5. The second-order valence-corrected chi connectivity index (χ2v) is 15.9. The van der Waals surface area contributed by atoms with E-state index in [1.54, 1.807) is 10.7 Å². The van der Waals surface area contributed by atoms with Gasteiger partial charge in [0.15, 0.2) is 0 Å². The zero-order valence-electron chi connectivity index (χ0n) is 23.5. The van der Waals surface area contributed by atoms with Crippen LogP contribution in [0.2, 0.25) is 0 Å². The van der Waals surface area contributed by atoms with Gasteiger partial charge in [-0.05, 0) is 63.8 Å². The molecule has 0 N–H and O–H groups in total. The van der Waals surface area contributed by atoms with Crippen LogP contribution in [0.4, 0.5) is 15.8 Å². The fourth-order valence-corrected chi connectivity index (χ4v) is 6.92. The van der Waals surface area contributed by atoms with Crippen molar-refractivity contribution in [2.45, 2.75) is 61.5 Å². The van der Waals surface area contributed by atoms with E-state index >= 15 is 0 Å². The van der Waals surface area contributed by atoms with Crippen molar-refractivity contribution in [2.75, 3.05) is 22.9 Å². The molecule has 0 aliphatic carbocycles. The Hall–Kier alpha value is -1.94. The molecule has 3 nitrogen and oxygen atoms in total. The van der Waals surface area contributed by atoms with Crippen LogP contribution in [0.25, 0.3) is 0 Å². The number of ether oxygens (including phenoxy) is 1. The van der Waals surface area contributed by atoms with E-state index in [-0.39, 0.29) is 11.9 Å². The van der Waals surface area contributed by atoms with E-state index in [1.807, 2.05) is 13.8 Å². The van der Waals surface area contributed by atoms with Gasteiger partial charge in [-0.3, -0.25) is 0 Å². The van der Waals surface area contributed by atoms with E-state index in [0.29, 0.717) is 11.3 Å². The standard InChI is InChI=1S/C21H27N2.C10H11FO.2ClH.Ru/c1-14-9-16(3)20(17(4)10-14)22-7-8-23(13-22)21-18(5)11-15(2)12-19(21)6;1-7(2)12-10-5-4-9(11)6-8(10)3;;;/h9-13H,7-8H2,1-6H3;3-7H,1-2H3;2*1H;/q-1;;;;+2/p-2. The van der Waals surface area contributed by atoms with Crippen LogP contribution in [-0.4, -0.2) is 23.8 Å². The van der Waals surface area contributed by atoms with E-state index in [1.165, 1.54) is 56.9 Å². The third-order valence-electron chi connectivity index (χ3n) is 6.23. The maximum atomic E-state index is 13.0. The maximum Gasteiger partial charge on any atom is 0.0146 e. The van der Waals surface area contributed by atoms with Gasteiger partial charge in [0.2, 0.25) is 0 Å². The zero-order valence-corrected chi connectivity index (χ0v) is 26.7. The summed E-state index contributed by atoms with van der Waals surface area (Å²) >= 11 is -1.96. The third-order valence-corrected chi connectivity index (χ3v) is 8.06. The monoisotopic (exact) mass is 645 g/mol. The summed E-state index contributed by atoms with van der Waals surface area (Å²) in [4.78, 5) is 4.81. The van der Waals surface area contributed by atoms with Gasteiger partial charge >= 0.3 is 102 Å². The molecule has 0 atom stereocenters. The minimum absolute atomic E-state index is 0.0360. The van der Waals surface area contributed by atoms with Crippen LogP contribution in [0.5, 0.6) is 5.75 Å². The molecule has 1 aliphatic rings. The number of halogens is 3. The first-order valence-corrected chi connectivity index (χ1v) is 18.2. The summed E-state index contributed by atoms with van der Waals surface area (Å²) < 4.78 is 20.2. The number of aryl methyl sites for hydroxylation is 6. The largest absolute Gasteiger partial charge is 0.502 e. The first-order chi connectivity index (χ1) is 17.8. The van der Waals surface area contributed by atoms with Crippen molar-refractivity contribution in [3.63, 3.8) is 0 Å². The normalized spacial score (nSPS) is 13.4. The topological polar surface area (TPSA) is 15.7 Å². The van der Waals surface area contributed by atoms with Crippen LogP contribution in [0.1, 0.15) is 52.8 Å².